The molecular weight excluding hydrogens is 352 g/mol. The van der Waals surface area contributed by atoms with E-state index in [1.807, 2.05) is 6.92 Å². The third kappa shape index (κ3) is 3.35. The summed E-state index contributed by atoms with van der Waals surface area (Å²) in [4.78, 5) is 30.9. The van der Waals surface area contributed by atoms with Crippen molar-refractivity contribution in [3.63, 3.8) is 0 Å². The quantitative estimate of drug-likeness (QED) is 0.491. The maximum absolute atomic E-state index is 12.7. The first-order chi connectivity index (χ1) is 12.5. The number of pyridine rings is 1. The standard InChI is InChI=1S/C20H19ClN2O3/c1-2-3-10-23-17(14-7-5-9-22-12-14)16(19(25)20(23)26)18(24)13-6-4-8-15(21)11-13/h4-9,11-12,17,24H,2-3,10H2,1H3/b18-16-. The van der Waals surface area contributed by atoms with Crippen LogP contribution in [0.25, 0.3) is 5.76 Å². The van der Waals surface area contributed by atoms with E-state index in [2.05, 4.69) is 4.98 Å². The minimum absolute atomic E-state index is 0.0707. The molecule has 1 amide bonds. The summed E-state index contributed by atoms with van der Waals surface area (Å²) in [5.74, 6) is -1.51. The number of hydrogen-bond donors (Lipinski definition) is 1. The molecule has 1 aromatic carbocycles. The van der Waals surface area contributed by atoms with E-state index in [0.29, 0.717) is 22.7 Å². The number of halogens is 1. The van der Waals surface area contributed by atoms with Crippen LogP contribution >= 0.6 is 11.6 Å². The Morgan fingerprint density at radius 2 is 2.08 bits per heavy atom. The van der Waals surface area contributed by atoms with Gasteiger partial charge in [-0.3, -0.25) is 14.6 Å². The van der Waals surface area contributed by atoms with E-state index in [-0.39, 0.29) is 11.3 Å². The van der Waals surface area contributed by atoms with E-state index in [9.17, 15) is 14.7 Å². The minimum Gasteiger partial charge on any atom is -0.507 e. The zero-order valence-electron chi connectivity index (χ0n) is 14.4. The Hall–Kier alpha value is -2.66. The van der Waals surface area contributed by atoms with Gasteiger partial charge in [0.15, 0.2) is 0 Å². The molecule has 1 atom stereocenters. The molecule has 1 N–H and O–H groups in total. The zero-order chi connectivity index (χ0) is 18.7. The van der Waals surface area contributed by atoms with E-state index in [1.54, 1.807) is 48.8 Å². The molecule has 2 aromatic rings. The van der Waals surface area contributed by atoms with Crippen LogP contribution in [0.15, 0.2) is 54.4 Å². The van der Waals surface area contributed by atoms with Crippen molar-refractivity contribution < 1.29 is 14.7 Å². The third-order valence-corrected chi connectivity index (χ3v) is 4.63. The van der Waals surface area contributed by atoms with Gasteiger partial charge in [0, 0.05) is 29.5 Å². The maximum Gasteiger partial charge on any atom is 0.295 e. The van der Waals surface area contributed by atoms with Crippen LogP contribution in [0.1, 0.15) is 36.9 Å². The molecule has 5 nitrogen and oxygen atoms in total. The summed E-state index contributed by atoms with van der Waals surface area (Å²) in [5.41, 5.74) is 1.16. The molecule has 26 heavy (non-hydrogen) atoms. The molecular formula is C20H19ClN2O3. The molecule has 0 saturated carbocycles. The molecule has 0 bridgehead atoms. The van der Waals surface area contributed by atoms with Crippen LogP contribution in [0.4, 0.5) is 0 Å². The van der Waals surface area contributed by atoms with Gasteiger partial charge < -0.3 is 10.0 Å². The van der Waals surface area contributed by atoms with Gasteiger partial charge in [-0.05, 0) is 30.2 Å². The molecule has 1 unspecified atom stereocenters. The number of benzene rings is 1. The average Bonchev–Trinajstić information content (AvgIpc) is 2.91. The molecule has 0 radical (unpaired) electrons. The van der Waals surface area contributed by atoms with Gasteiger partial charge >= 0.3 is 0 Å². The summed E-state index contributed by atoms with van der Waals surface area (Å²) < 4.78 is 0. The summed E-state index contributed by atoms with van der Waals surface area (Å²) >= 11 is 6.01. The van der Waals surface area contributed by atoms with Crippen LogP contribution in [0.2, 0.25) is 5.02 Å². The Kier molecular flexibility index (Phi) is 5.38. The lowest BCUT2D eigenvalue weighted by atomic mass is 9.96. The Bertz CT molecular complexity index is 864. The molecule has 1 aliphatic heterocycles. The van der Waals surface area contributed by atoms with Crippen LogP contribution in [-0.2, 0) is 9.59 Å². The number of aliphatic hydroxyl groups is 1. The monoisotopic (exact) mass is 370 g/mol. The van der Waals surface area contributed by atoms with Crippen molar-refractivity contribution in [2.75, 3.05) is 6.54 Å². The van der Waals surface area contributed by atoms with Crippen LogP contribution in [0.5, 0.6) is 0 Å². The van der Waals surface area contributed by atoms with E-state index in [1.165, 1.54) is 4.90 Å². The van der Waals surface area contributed by atoms with Crippen LogP contribution in [0.3, 0.4) is 0 Å². The lowest BCUT2D eigenvalue weighted by Crippen LogP contribution is -2.30. The van der Waals surface area contributed by atoms with Crippen molar-refractivity contribution in [2.24, 2.45) is 0 Å². The summed E-state index contributed by atoms with van der Waals surface area (Å²) in [5, 5.41) is 11.2. The van der Waals surface area contributed by atoms with E-state index in [0.717, 1.165) is 12.8 Å². The fourth-order valence-electron chi connectivity index (χ4n) is 3.11. The van der Waals surface area contributed by atoms with Gasteiger partial charge in [0.2, 0.25) is 0 Å². The summed E-state index contributed by atoms with van der Waals surface area (Å²) in [7, 11) is 0. The van der Waals surface area contributed by atoms with Gasteiger partial charge in [0.1, 0.15) is 5.76 Å². The number of rotatable bonds is 5. The lowest BCUT2D eigenvalue weighted by molar-refractivity contribution is -0.139. The number of aliphatic hydroxyl groups excluding tert-OH is 1. The van der Waals surface area contributed by atoms with Gasteiger partial charge in [0.05, 0.1) is 11.6 Å². The largest absolute Gasteiger partial charge is 0.507 e. The number of nitrogens with zero attached hydrogens (tertiary/aromatic N) is 2. The van der Waals surface area contributed by atoms with Crippen LogP contribution in [0, 0.1) is 0 Å². The van der Waals surface area contributed by atoms with Crippen molar-refractivity contribution in [3.8, 4) is 0 Å². The number of likely N-dealkylation sites (tertiary alicyclic amines) is 1. The molecule has 1 fully saturated rings. The predicted octanol–water partition coefficient (Wildman–Crippen LogP) is 3.96. The molecule has 6 heteroatoms. The normalized spacial score (nSPS) is 19.2. The fraction of sp³-hybridized carbons (Fsp3) is 0.250. The zero-order valence-corrected chi connectivity index (χ0v) is 15.1. The summed E-state index contributed by atoms with van der Waals surface area (Å²) in [6.07, 6.45) is 4.89. The number of aromatic nitrogens is 1. The van der Waals surface area contributed by atoms with E-state index in [4.69, 9.17) is 11.6 Å². The highest BCUT2D eigenvalue weighted by molar-refractivity contribution is 6.46. The highest BCUT2D eigenvalue weighted by Crippen LogP contribution is 2.39. The van der Waals surface area contributed by atoms with E-state index < -0.39 is 17.7 Å². The minimum atomic E-state index is -0.688. The molecule has 0 aliphatic carbocycles. The van der Waals surface area contributed by atoms with Crippen molar-refractivity contribution in [1.29, 1.82) is 0 Å². The second-order valence-electron chi connectivity index (χ2n) is 6.14. The van der Waals surface area contributed by atoms with Gasteiger partial charge in [-0.2, -0.15) is 0 Å². The number of carbonyl (C=O) groups excluding carboxylic acids is 2. The lowest BCUT2D eigenvalue weighted by Gasteiger charge is -2.24. The summed E-state index contributed by atoms with van der Waals surface area (Å²) in [6.45, 7) is 2.45. The van der Waals surface area contributed by atoms with E-state index >= 15 is 0 Å². The molecule has 134 valence electrons. The van der Waals surface area contributed by atoms with Gasteiger partial charge in [-0.15, -0.1) is 0 Å². The maximum atomic E-state index is 12.7. The number of Topliss-reactive ketones (excluding diaryl/α,β-unsaturated/α-hetero) is 1. The Balaban J connectivity index is 2.16. The smallest absolute Gasteiger partial charge is 0.295 e. The van der Waals surface area contributed by atoms with Crippen molar-refractivity contribution in [1.82, 2.24) is 9.88 Å². The second kappa shape index (κ2) is 7.70. The van der Waals surface area contributed by atoms with Crippen LogP contribution < -0.4 is 0 Å². The second-order valence-corrected chi connectivity index (χ2v) is 6.58. The highest BCUT2D eigenvalue weighted by atomic mass is 35.5. The molecule has 1 aromatic heterocycles. The first-order valence-electron chi connectivity index (χ1n) is 8.49. The fourth-order valence-corrected chi connectivity index (χ4v) is 3.30. The number of hydrogen-bond acceptors (Lipinski definition) is 4. The average molecular weight is 371 g/mol. The Morgan fingerprint density at radius 1 is 1.27 bits per heavy atom. The first-order valence-corrected chi connectivity index (χ1v) is 8.86. The third-order valence-electron chi connectivity index (χ3n) is 4.39. The molecule has 3 rings (SSSR count). The van der Waals surface area contributed by atoms with Crippen molar-refractivity contribution in [3.05, 3.63) is 70.5 Å². The topological polar surface area (TPSA) is 70.5 Å². The first kappa shape index (κ1) is 18.1. The number of ketones is 1. The van der Waals surface area contributed by atoms with Gasteiger partial charge in [0.25, 0.3) is 11.7 Å². The predicted molar refractivity (Wildman–Crippen MR) is 99.6 cm³/mol. The van der Waals surface area contributed by atoms with Crippen molar-refractivity contribution >= 4 is 29.1 Å². The Morgan fingerprint density at radius 3 is 2.73 bits per heavy atom. The SMILES string of the molecule is CCCCN1C(=O)C(=O)/C(=C(\O)c2cccc(Cl)c2)C1c1cccnc1. The molecule has 1 saturated heterocycles. The number of unbranched alkanes of at least 4 members (excludes halogenated alkanes) is 1. The van der Waals surface area contributed by atoms with Crippen molar-refractivity contribution in [2.45, 2.75) is 25.8 Å². The van der Waals surface area contributed by atoms with Gasteiger partial charge in [-0.25, -0.2) is 0 Å². The number of carbonyl (C=O) groups is 2. The van der Waals surface area contributed by atoms with Gasteiger partial charge in [-0.1, -0.05) is 43.1 Å². The molecule has 0 spiro atoms. The molecule has 1 aliphatic rings. The summed E-state index contributed by atoms with van der Waals surface area (Å²) in [6, 6.07) is 9.47. The molecule has 2 heterocycles. The Labute approximate surface area is 156 Å². The number of amides is 1. The van der Waals surface area contributed by atoms with Crippen LogP contribution in [-0.4, -0.2) is 33.2 Å². The highest BCUT2D eigenvalue weighted by Gasteiger charge is 2.45.